The highest BCUT2D eigenvalue weighted by Gasteiger charge is 2.38. The van der Waals surface area contributed by atoms with Crippen molar-refractivity contribution < 1.29 is 0 Å². The van der Waals surface area contributed by atoms with E-state index >= 15 is 0 Å². The van der Waals surface area contributed by atoms with Crippen LogP contribution < -0.4 is 0 Å². The molecule has 1 nitrogen and oxygen atoms in total. The zero-order valence-corrected chi connectivity index (χ0v) is 15.9. The summed E-state index contributed by atoms with van der Waals surface area (Å²) in [5, 5.41) is 0.466. The van der Waals surface area contributed by atoms with E-state index in [1.54, 1.807) is 0 Å². The normalized spacial score (nSPS) is 23.1. The number of hydrogen-bond donors (Lipinski definition) is 0. The van der Waals surface area contributed by atoms with Gasteiger partial charge in [-0.15, -0.1) is 0 Å². The van der Waals surface area contributed by atoms with Crippen LogP contribution in [0.4, 0.5) is 0 Å². The molecule has 2 aliphatic rings. The molecule has 0 unspecified atom stereocenters. The van der Waals surface area contributed by atoms with Crippen molar-refractivity contribution in [1.82, 2.24) is 4.90 Å². The number of hydrogen-bond acceptors (Lipinski definition) is 2. The lowest BCUT2D eigenvalue weighted by Gasteiger charge is -2.44. The van der Waals surface area contributed by atoms with Crippen molar-refractivity contribution >= 4 is 28.3 Å². The molecule has 0 bridgehead atoms. The second-order valence-corrected chi connectivity index (χ2v) is 8.54. The van der Waals surface area contributed by atoms with Crippen LogP contribution in [0.5, 0.6) is 0 Å². The van der Waals surface area contributed by atoms with Crippen LogP contribution in [0.2, 0.25) is 0 Å². The summed E-state index contributed by atoms with van der Waals surface area (Å²) in [4.78, 5) is 2.41. The van der Waals surface area contributed by atoms with E-state index in [0.717, 1.165) is 17.3 Å². The standard InChI is InChI=1S/C22H23NS2/c24-22-23(16-15-17-9-3-1-4-10-17)20-14-8-7-13-19(20)21(25-22)18-11-5-2-6-12-18/h1-6,9-12,14,19,21H,7-8,13,15-16H2/t19-,21+/m0/s1. The molecule has 2 atom stereocenters. The van der Waals surface area contributed by atoms with Crippen LogP contribution in [0.15, 0.2) is 72.4 Å². The Bertz CT molecular complexity index is 754. The molecule has 0 saturated carbocycles. The van der Waals surface area contributed by atoms with Crippen molar-refractivity contribution in [2.24, 2.45) is 5.92 Å². The van der Waals surface area contributed by atoms with Crippen LogP contribution in [0, 0.1) is 5.92 Å². The summed E-state index contributed by atoms with van der Waals surface area (Å²) >= 11 is 7.72. The third kappa shape index (κ3) is 3.68. The molecular weight excluding hydrogens is 342 g/mol. The van der Waals surface area contributed by atoms with Gasteiger partial charge in [0.2, 0.25) is 0 Å². The van der Waals surface area contributed by atoms with Gasteiger partial charge < -0.3 is 4.90 Å². The van der Waals surface area contributed by atoms with Crippen molar-refractivity contribution in [2.45, 2.75) is 30.9 Å². The lowest BCUT2D eigenvalue weighted by Crippen LogP contribution is -2.39. The molecule has 25 heavy (non-hydrogen) atoms. The molecule has 0 N–H and O–H groups in total. The summed E-state index contributed by atoms with van der Waals surface area (Å²) in [5.74, 6) is 0.587. The van der Waals surface area contributed by atoms with Gasteiger partial charge in [0.25, 0.3) is 0 Å². The Morgan fingerprint density at radius 1 is 1.00 bits per heavy atom. The predicted molar refractivity (Wildman–Crippen MR) is 112 cm³/mol. The fraction of sp³-hybridized carbons (Fsp3) is 0.318. The minimum atomic E-state index is 0.466. The van der Waals surface area contributed by atoms with Gasteiger partial charge in [-0.2, -0.15) is 0 Å². The highest BCUT2D eigenvalue weighted by Crippen LogP contribution is 2.50. The quantitative estimate of drug-likeness (QED) is 0.613. The lowest BCUT2D eigenvalue weighted by atomic mass is 9.85. The minimum absolute atomic E-state index is 0.466. The summed E-state index contributed by atoms with van der Waals surface area (Å²) < 4.78 is 1.04. The van der Waals surface area contributed by atoms with Gasteiger partial charge in [-0.25, -0.2) is 0 Å². The Kier molecular flexibility index (Phi) is 5.23. The highest BCUT2D eigenvalue weighted by molar-refractivity contribution is 8.23. The first-order chi connectivity index (χ1) is 12.3. The van der Waals surface area contributed by atoms with Gasteiger partial charge >= 0.3 is 0 Å². The van der Waals surface area contributed by atoms with Gasteiger partial charge in [-0.05, 0) is 36.8 Å². The molecule has 2 aromatic rings. The number of thioether (sulfide) groups is 1. The van der Waals surface area contributed by atoms with Crippen LogP contribution in [-0.2, 0) is 6.42 Å². The molecule has 0 aromatic heterocycles. The van der Waals surface area contributed by atoms with Crippen molar-refractivity contribution in [2.75, 3.05) is 6.54 Å². The Labute approximate surface area is 160 Å². The van der Waals surface area contributed by atoms with Gasteiger partial charge in [0.15, 0.2) is 0 Å². The smallest absolute Gasteiger partial charge is 0.141 e. The first-order valence-electron chi connectivity index (χ1n) is 9.10. The number of thiocarbonyl (C=S) groups is 1. The molecule has 1 saturated heterocycles. The Hall–Kier alpha value is -1.58. The van der Waals surface area contributed by atoms with Crippen molar-refractivity contribution in [3.63, 3.8) is 0 Å². The van der Waals surface area contributed by atoms with Gasteiger partial charge in [0.05, 0.1) is 0 Å². The van der Waals surface area contributed by atoms with Crippen molar-refractivity contribution in [1.29, 1.82) is 0 Å². The van der Waals surface area contributed by atoms with Crippen LogP contribution in [0.3, 0.4) is 0 Å². The molecule has 4 rings (SSSR count). The fourth-order valence-corrected chi connectivity index (χ4v) is 5.69. The first-order valence-corrected chi connectivity index (χ1v) is 10.4. The number of allylic oxidation sites excluding steroid dienone is 2. The molecule has 1 aliphatic heterocycles. The molecule has 3 heteroatoms. The fourth-order valence-electron chi connectivity index (χ4n) is 3.91. The molecule has 0 spiro atoms. The molecule has 1 aliphatic carbocycles. The minimum Gasteiger partial charge on any atom is -0.331 e. The second kappa shape index (κ2) is 7.76. The number of fused-ring (bicyclic) bond motifs is 1. The molecule has 128 valence electrons. The van der Waals surface area contributed by atoms with E-state index in [2.05, 4.69) is 71.6 Å². The van der Waals surface area contributed by atoms with E-state index in [9.17, 15) is 0 Å². The van der Waals surface area contributed by atoms with Gasteiger partial charge in [-0.3, -0.25) is 0 Å². The Balaban J connectivity index is 1.56. The summed E-state index contributed by atoms with van der Waals surface area (Å²) in [7, 11) is 0. The maximum atomic E-state index is 5.84. The van der Waals surface area contributed by atoms with Gasteiger partial charge in [0.1, 0.15) is 4.32 Å². The maximum Gasteiger partial charge on any atom is 0.141 e. The molecule has 1 heterocycles. The molecule has 1 fully saturated rings. The third-order valence-corrected chi connectivity index (χ3v) is 6.96. The number of benzene rings is 2. The number of rotatable bonds is 4. The first kappa shape index (κ1) is 16.9. The monoisotopic (exact) mass is 365 g/mol. The second-order valence-electron chi connectivity index (χ2n) is 6.77. The van der Waals surface area contributed by atoms with Crippen LogP contribution in [0.1, 0.15) is 35.6 Å². The zero-order chi connectivity index (χ0) is 17.1. The van der Waals surface area contributed by atoms with Gasteiger partial charge in [0, 0.05) is 23.4 Å². The predicted octanol–water partition coefficient (Wildman–Crippen LogP) is 5.99. The molecule has 0 radical (unpaired) electrons. The van der Waals surface area contributed by atoms with Crippen LogP contribution in [0.25, 0.3) is 0 Å². The van der Waals surface area contributed by atoms with Crippen molar-refractivity contribution in [3.05, 3.63) is 83.6 Å². The molecule has 0 amide bonds. The Morgan fingerprint density at radius 2 is 1.72 bits per heavy atom. The lowest BCUT2D eigenvalue weighted by molar-refractivity contribution is 0.376. The van der Waals surface area contributed by atoms with E-state index < -0.39 is 0 Å². The van der Waals surface area contributed by atoms with Crippen LogP contribution in [-0.4, -0.2) is 15.8 Å². The topological polar surface area (TPSA) is 3.24 Å². The average Bonchev–Trinajstić information content (AvgIpc) is 2.68. The summed E-state index contributed by atoms with van der Waals surface area (Å²) in [6.45, 7) is 0.986. The molecule has 2 aromatic carbocycles. The van der Waals surface area contributed by atoms with E-state index in [4.69, 9.17) is 12.2 Å². The van der Waals surface area contributed by atoms with E-state index in [-0.39, 0.29) is 0 Å². The van der Waals surface area contributed by atoms with E-state index in [0.29, 0.717) is 11.2 Å². The van der Waals surface area contributed by atoms with Gasteiger partial charge in [-0.1, -0.05) is 90.7 Å². The summed E-state index contributed by atoms with van der Waals surface area (Å²) in [5.41, 5.74) is 4.27. The maximum absolute atomic E-state index is 5.84. The summed E-state index contributed by atoms with van der Waals surface area (Å²) in [6, 6.07) is 21.6. The van der Waals surface area contributed by atoms with E-state index in [1.165, 1.54) is 36.1 Å². The molecular formula is C22H23NS2. The summed E-state index contributed by atoms with van der Waals surface area (Å²) in [6.07, 6.45) is 7.23. The Morgan fingerprint density at radius 3 is 2.48 bits per heavy atom. The van der Waals surface area contributed by atoms with Crippen molar-refractivity contribution in [3.8, 4) is 0 Å². The third-order valence-electron chi connectivity index (χ3n) is 5.17. The largest absolute Gasteiger partial charge is 0.331 e. The average molecular weight is 366 g/mol. The zero-order valence-electron chi connectivity index (χ0n) is 14.3. The number of nitrogens with zero attached hydrogens (tertiary/aromatic N) is 1. The van der Waals surface area contributed by atoms with E-state index in [1.807, 2.05) is 11.8 Å². The SMILES string of the molecule is S=C1S[C@H](c2ccccc2)[C@H]2CCCC=C2N1CCc1ccccc1. The van der Waals surface area contributed by atoms with Crippen LogP contribution >= 0.6 is 24.0 Å². The highest BCUT2D eigenvalue weighted by atomic mass is 32.2.